The van der Waals surface area contributed by atoms with Crippen molar-refractivity contribution in [3.05, 3.63) is 58.5 Å². The van der Waals surface area contributed by atoms with Gasteiger partial charge >= 0.3 is 0 Å². The minimum Gasteiger partial charge on any atom is -0.467 e. The van der Waals surface area contributed by atoms with Crippen LogP contribution in [-0.2, 0) is 17.9 Å². The normalized spacial score (nSPS) is 14.0. The molecule has 114 valence electrons. The van der Waals surface area contributed by atoms with Gasteiger partial charge in [-0.3, -0.25) is 0 Å². The number of nitrogens with one attached hydrogen (secondary N) is 1. The van der Waals surface area contributed by atoms with Crippen LogP contribution in [0.4, 0.5) is 0 Å². The maximum atomic E-state index is 10.0. The summed E-state index contributed by atoms with van der Waals surface area (Å²) >= 11 is 3.54. The molecular formula is C16H21BrNO3+. The Morgan fingerprint density at radius 3 is 2.81 bits per heavy atom. The Morgan fingerprint density at radius 1 is 1.29 bits per heavy atom. The molecule has 2 atom stereocenters. The third-order valence-corrected chi connectivity index (χ3v) is 3.94. The average molecular weight is 355 g/mol. The van der Waals surface area contributed by atoms with E-state index in [9.17, 15) is 5.11 Å². The van der Waals surface area contributed by atoms with Crippen LogP contribution in [0.1, 0.15) is 11.3 Å². The van der Waals surface area contributed by atoms with Crippen LogP contribution in [0.2, 0.25) is 0 Å². The van der Waals surface area contributed by atoms with Crippen molar-refractivity contribution in [2.24, 2.45) is 0 Å². The molecule has 0 spiro atoms. The maximum Gasteiger partial charge on any atom is 0.129 e. The lowest BCUT2D eigenvalue weighted by molar-refractivity contribution is -0.897. The summed E-state index contributed by atoms with van der Waals surface area (Å²) in [6.45, 7) is 2.21. The zero-order valence-corrected chi connectivity index (χ0v) is 13.7. The Bertz CT molecular complexity index is 530. The molecule has 4 nitrogen and oxygen atoms in total. The van der Waals surface area contributed by atoms with E-state index in [0.717, 1.165) is 16.8 Å². The highest BCUT2D eigenvalue weighted by Crippen LogP contribution is 2.14. The molecule has 0 amide bonds. The number of furan rings is 1. The van der Waals surface area contributed by atoms with Gasteiger partial charge in [0.1, 0.15) is 31.6 Å². The highest BCUT2D eigenvalue weighted by atomic mass is 79.9. The highest BCUT2D eigenvalue weighted by Gasteiger charge is 2.13. The molecule has 2 N–H and O–H groups in total. The summed E-state index contributed by atoms with van der Waals surface area (Å²) in [4.78, 5) is 1.23. The average Bonchev–Trinajstić information content (AvgIpc) is 2.94. The fourth-order valence-electron chi connectivity index (χ4n) is 2.19. The van der Waals surface area contributed by atoms with E-state index in [0.29, 0.717) is 19.8 Å². The monoisotopic (exact) mass is 354 g/mol. The zero-order chi connectivity index (χ0) is 15.1. The molecule has 1 aromatic carbocycles. The van der Waals surface area contributed by atoms with E-state index in [-0.39, 0.29) is 0 Å². The van der Waals surface area contributed by atoms with Crippen LogP contribution in [-0.4, -0.2) is 31.4 Å². The number of ether oxygens (including phenoxy) is 1. The van der Waals surface area contributed by atoms with E-state index >= 15 is 0 Å². The van der Waals surface area contributed by atoms with Gasteiger partial charge in [0.2, 0.25) is 0 Å². The molecule has 21 heavy (non-hydrogen) atoms. The molecule has 1 aromatic heterocycles. The smallest absolute Gasteiger partial charge is 0.129 e. The summed E-state index contributed by atoms with van der Waals surface area (Å²) in [7, 11) is 2.06. The van der Waals surface area contributed by atoms with Gasteiger partial charge < -0.3 is 19.2 Å². The van der Waals surface area contributed by atoms with Gasteiger partial charge in [0.25, 0.3) is 0 Å². The van der Waals surface area contributed by atoms with Crippen molar-refractivity contribution in [2.75, 3.05) is 20.2 Å². The van der Waals surface area contributed by atoms with Gasteiger partial charge in [0.15, 0.2) is 0 Å². The summed E-state index contributed by atoms with van der Waals surface area (Å²) in [6.07, 6.45) is 1.13. The topological polar surface area (TPSA) is 47.0 Å². The van der Waals surface area contributed by atoms with Crippen LogP contribution < -0.4 is 4.90 Å². The third kappa shape index (κ3) is 5.63. The van der Waals surface area contributed by atoms with Gasteiger partial charge in [-0.25, -0.2) is 0 Å². The number of rotatable bonds is 8. The van der Waals surface area contributed by atoms with E-state index in [1.807, 2.05) is 30.3 Å². The molecule has 1 unspecified atom stereocenters. The second-order valence-corrected chi connectivity index (χ2v) is 6.03. The van der Waals surface area contributed by atoms with E-state index in [2.05, 4.69) is 29.0 Å². The Hall–Kier alpha value is -1.14. The van der Waals surface area contributed by atoms with E-state index in [4.69, 9.17) is 9.15 Å². The fraction of sp³-hybridized carbons (Fsp3) is 0.375. The second kappa shape index (κ2) is 8.34. The number of benzene rings is 1. The molecule has 0 saturated carbocycles. The van der Waals surface area contributed by atoms with E-state index in [1.54, 1.807) is 6.26 Å². The molecule has 0 aliphatic rings. The molecule has 2 aromatic rings. The second-order valence-electron chi connectivity index (χ2n) is 5.18. The number of aliphatic hydroxyl groups is 1. The first kappa shape index (κ1) is 16.2. The quantitative estimate of drug-likeness (QED) is 0.757. The first-order chi connectivity index (χ1) is 10.1. The van der Waals surface area contributed by atoms with Crippen LogP contribution in [0, 0.1) is 0 Å². The lowest BCUT2D eigenvalue weighted by atomic mass is 10.2. The molecule has 5 heteroatoms. The summed E-state index contributed by atoms with van der Waals surface area (Å²) in [6, 6.07) is 11.8. The van der Waals surface area contributed by atoms with Gasteiger partial charge in [0, 0.05) is 10.0 Å². The summed E-state index contributed by atoms with van der Waals surface area (Å²) in [5.41, 5.74) is 1.23. The van der Waals surface area contributed by atoms with Crippen LogP contribution in [0.15, 0.2) is 51.6 Å². The summed E-state index contributed by atoms with van der Waals surface area (Å²) in [5, 5.41) is 10.0. The van der Waals surface area contributed by atoms with Gasteiger partial charge in [-0.05, 0) is 18.2 Å². The predicted molar refractivity (Wildman–Crippen MR) is 84.0 cm³/mol. The van der Waals surface area contributed by atoms with Gasteiger partial charge in [-0.2, -0.15) is 0 Å². The lowest BCUT2D eigenvalue weighted by Crippen LogP contribution is -3.09. The summed E-state index contributed by atoms with van der Waals surface area (Å²) in [5.74, 6) is 0.774. The largest absolute Gasteiger partial charge is 0.467 e. The molecule has 0 bridgehead atoms. The number of quaternary nitrogens is 1. The fourth-order valence-corrected chi connectivity index (χ4v) is 2.62. The highest BCUT2D eigenvalue weighted by molar-refractivity contribution is 9.10. The first-order valence-electron chi connectivity index (χ1n) is 6.98. The standard InChI is InChI=1S/C16H20BrNO3/c1-18(9-13-5-2-3-7-16(13)17)10-14(19)11-20-12-15-6-4-8-21-15/h2-8,14,19H,9-12H2,1H3/p+1/t14-/m0/s1. The van der Waals surface area contributed by atoms with Crippen molar-refractivity contribution in [1.82, 2.24) is 0 Å². The number of hydrogen-bond acceptors (Lipinski definition) is 3. The SMILES string of the molecule is C[NH+](Cc1ccccc1Br)C[C@H](O)COCc1ccco1. The number of halogens is 1. The molecule has 0 aliphatic heterocycles. The molecular weight excluding hydrogens is 334 g/mol. The third-order valence-electron chi connectivity index (χ3n) is 3.17. The maximum absolute atomic E-state index is 10.0. The summed E-state index contributed by atoms with van der Waals surface area (Å²) < 4.78 is 11.7. The van der Waals surface area contributed by atoms with Crippen molar-refractivity contribution in [2.45, 2.75) is 19.3 Å². The van der Waals surface area contributed by atoms with Crippen molar-refractivity contribution < 1.29 is 19.2 Å². The Kier molecular flexibility index (Phi) is 6.45. The van der Waals surface area contributed by atoms with Gasteiger partial charge in [-0.15, -0.1) is 0 Å². The molecule has 0 radical (unpaired) electrons. The molecule has 0 aliphatic carbocycles. The van der Waals surface area contributed by atoms with Crippen LogP contribution in [0.3, 0.4) is 0 Å². The molecule has 0 fully saturated rings. The minimum absolute atomic E-state index is 0.313. The van der Waals surface area contributed by atoms with Crippen molar-refractivity contribution in [1.29, 1.82) is 0 Å². The number of likely N-dealkylation sites (N-methyl/N-ethyl adjacent to an activating group) is 1. The minimum atomic E-state index is -0.484. The van der Waals surface area contributed by atoms with Crippen LogP contribution >= 0.6 is 15.9 Å². The van der Waals surface area contributed by atoms with E-state index < -0.39 is 6.10 Å². The van der Waals surface area contributed by atoms with Crippen molar-refractivity contribution >= 4 is 15.9 Å². The van der Waals surface area contributed by atoms with Crippen molar-refractivity contribution in [3.8, 4) is 0 Å². The van der Waals surface area contributed by atoms with Gasteiger partial charge in [0.05, 0.1) is 19.9 Å². The molecule has 2 rings (SSSR count). The zero-order valence-electron chi connectivity index (χ0n) is 12.1. The Labute approximate surface area is 133 Å². The predicted octanol–water partition coefficient (Wildman–Crippen LogP) is 1.63. The van der Waals surface area contributed by atoms with E-state index in [1.165, 1.54) is 10.5 Å². The molecule has 1 heterocycles. The number of hydrogen-bond donors (Lipinski definition) is 2. The Balaban J connectivity index is 1.69. The first-order valence-corrected chi connectivity index (χ1v) is 7.77. The van der Waals surface area contributed by atoms with Crippen LogP contribution in [0.25, 0.3) is 0 Å². The Morgan fingerprint density at radius 2 is 2.10 bits per heavy atom. The van der Waals surface area contributed by atoms with Gasteiger partial charge in [-0.1, -0.05) is 34.1 Å². The van der Waals surface area contributed by atoms with Crippen LogP contribution in [0.5, 0.6) is 0 Å². The van der Waals surface area contributed by atoms with Crippen molar-refractivity contribution in [3.63, 3.8) is 0 Å². The molecule has 0 saturated heterocycles. The lowest BCUT2D eigenvalue weighted by Gasteiger charge is -2.18. The number of aliphatic hydroxyl groups excluding tert-OH is 1.